The van der Waals surface area contributed by atoms with Crippen molar-refractivity contribution in [2.75, 3.05) is 6.54 Å². The van der Waals surface area contributed by atoms with E-state index < -0.39 is 0 Å². The average Bonchev–Trinajstić information content (AvgIpc) is 2.46. The first-order chi connectivity index (χ1) is 9.61. The molecule has 0 amide bonds. The summed E-state index contributed by atoms with van der Waals surface area (Å²) >= 11 is 0. The number of hydrazine groups is 1. The smallest absolute Gasteiger partial charge is 0.120 e. The molecule has 0 radical (unpaired) electrons. The SMILES string of the molecule is CC.N/C(=C\N(N)CCc1ccc(O)cc1)CCC=O. The molecule has 112 valence electrons. The Labute approximate surface area is 120 Å². The predicted molar refractivity (Wildman–Crippen MR) is 81.6 cm³/mol. The lowest BCUT2D eigenvalue weighted by Crippen LogP contribution is -2.28. The first-order valence-corrected chi connectivity index (χ1v) is 6.81. The van der Waals surface area contributed by atoms with Crippen LogP contribution in [0.4, 0.5) is 0 Å². The number of nitrogens with two attached hydrogens (primary N) is 2. The van der Waals surface area contributed by atoms with Crippen molar-refractivity contribution in [2.45, 2.75) is 33.1 Å². The number of nitrogens with zero attached hydrogens (tertiary/aromatic N) is 1. The third-order valence-electron chi connectivity index (χ3n) is 2.48. The van der Waals surface area contributed by atoms with E-state index in [1.165, 1.54) is 5.01 Å². The summed E-state index contributed by atoms with van der Waals surface area (Å²) in [6.07, 6.45) is 4.17. The highest BCUT2D eigenvalue weighted by Crippen LogP contribution is 2.10. The van der Waals surface area contributed by atoms with Crippen molar-refractivity contribution in [3.05, 3.63) is 41.7 Å². The molecule has 5 N–H and O–H groups in total. The molecule has 0 saturated carbocycles. The van der Waals surface area contributed by atoms with Crippen LogP contribution in [0.3, 0.4) is 0 Å². The van der Waals surface area contributed by atoms with Crippen LogP contribution >= 0.6 is 0 Å². The lowest BCUT2D eigenvalue weighted by atomic mass is 10.1. The van der Waals surface area contributed by atoms with Crippen molar-refractivity contribution in [1.29, 1.82) is 0 Å². The predicted octanol–water partition coefficient (Wildman–Crippen LogP) is 1.92. The normalized spacial score (nSPS) is 10.4. The number of aldehydes is 1. The van der Waals surface area contributed by atoms with Crippen molar-refractivity contribution >= 4 is 6.29 Å². The Morgan fingerprint density at radius 2 is 1.90 bits per heavy atom. The zero-order valence-electron chi connectivity index (χ0n) is 12.2. The van der Waals surface area contributed by atoms with Crippen molar-refractivity contribution in [3.8, 4) is 5.75 Å². The molecule has 0 aliphatic heterocycles. The standard InChI is InChI=1S/C13H19N3O2.C2H6/c14-12(2-1-9-17)10-16(15)8-7-11-3-5-13(18)6-4-11;1-2/h3-6,9-10,18H,1-2,7-8,14-15H2;1-2H3/b12-10-;. The van der Waals surface area contributed by atoms with Crippen molar-refractivity contribution in [2.24, 2.45) is 11.6 Å². The summed E-state index contributed by atoms with van der Waals surface area (Å²) in [7, 11) is 0. The monoisotopic (exact) mass is 279 g/mol. The Balaban J connectivity index is 0.00000172. The Hall–Kier alpha value is -2.01. The lowest BCUT2D eigenvalue weighted by Gasteiger charge is -2.14. The Bertz CT molecular complexity index is 402. The molecule has 1 rings (SSSR count). The van der Waals surface area contributed by atoms with E-state index in [-0.39, 0.29) is 5.75 Å². The molecule has 0 saturated heterocycles. The number of phenols is 1. The van der Waals surface area contributed by atoms with Crippen LogP contribution in [0, 0.1) is 0 Å². The van der Waals surface area contributed by atoms with Crippen molar-refractivity contribution in [3.63, 3.8) is 0 Å². The molecule has 1 aromatic carbocycles. The third-order valence-corrected chi connectivity index (χ3v) is 2.48. The van der Waals surface area contributed by atoms with Gasteiger partial charge in [-0.15, -0.1) is 0 Å². The van der Waals surface area contributed by atoms with E-state index in [1.807, 2.05) is 26.0 Å². The molecule has 0 heterocycles. The average molecular weight is 279 g/mol. The lowest BCUT2D eigenvalue weighted by molar-refractivity contribution is -0.107. The molecular formula is C15H25N3O2. The summed E-state index contributed by atoms with van der Waals surface area (Å²) in [5.74, 6) is 6.01. The van der Waals surface area contributed by atoms with Crippen LogP contribution in [0.1, 0.15) is 32.3 Å². The quantitative estimate of drug-likeness (QED) is 0.403. The van der Waals surface area contributed by atoms with Crippen LogP contribution in [0.2, 0.25) is 0 Å². The largest absolute Gasteiger partial charge is 0.508 e. The van der Waals surface area contributed by atoms with Crippen molar-refractivity contribution in [1.82, 2.24) is 5.01 Å². The Morgan fingerprint density at radius 3 is 2.45 bits per heavy atom. The number of rotatable bonds is 7. The summed E-state index contributed by atoms with van der Waals surface area (Å²) in [5, 5.41) is 10.7. The van der Waals surface area contributed by atoms with Gasteiger partial charge in [-0.05, 0) is 30.5 Å². The maximum absolute atomic E-state index is 10.2. The number of hydrogen-bond donors (Lipinski definition) is 3. The van der Waals surface area contributed by atoms with Crippen LogP contribution in [-0.4, -0.2) is 22.9 Å². The second-order valence-electron chi connectivity index (χ2n) is 4.06. The van der Waals surface area contributed by atoms with Gasteiger partial charge in [0.15, 0.2) is 0 Å². The highest BCUT2D eigenvalue weighted by Gasteiger charge is 1.98. The van der Waals surface area contributed by atoms with Gasteiger partial charge in [0.25, 0.3) is 0 Å². The van der Waals surface area contributed by atoms with E-state index in [1.54, 1.807) is 18.3 Å². The topological polar surface area (TPSA) is 92.6 Å². The van der Waals surface area contributed by atoms with Crippen molar-refractivity contribution < 1.29 is 9.90 Å². The van der Waals surface area contributed by atoms with Gasteiger partial charge in [-0.25, -0.2) is 5.84 Å². The van der Waals surface area contributed by atoms with Crippen LogP contribution in [0.25, 0.3) is 0 Å². The Kier molecular flexibility index (Phi) is 9.78. The number of phenolic OH excluding ortho intramolecular Hbond substituents is 1. The molecule has 0 spiro atoms. The van der Waals surface area contributed by atoms with E-state index in [4.69, 9.17) is 16.7 Å². The molecule has 20 heavy (non-hydrogen) atoms. The van der Waals surface area contributed by atoms with Gasteiger partial charge >= 0.3 is 0 Å². The second-order valence-corrected chi connectivity index (χ2v) is 4.06. The van der Waals surface area contributed by atoms with Gasteiger partial charge in [0.2, 0.25) is 0 Å². The van der Waals surface area contributed by atoms with Gasteiger partial charge in [-0.3, -0.25) is 0 Å². The minimum Gasteiger partial charge on any atom is -0.508 e. The molecule has 0 unspecified atom stereocenters. The molecule has 0 aliphatic rings. The van der Waals surface area contributed by atoms with Gasteiger partial charge in [0.05, 0.1) is 0 Å². The van der Waals surface area contributed by atoms with E-state index in [0.717, 1.165) is 18.3 Å². The van der Waals surface area contributed by atoms with Gasteiger partial charge < -0.3 is 20.6 Å². The maximum Gasteiger partial charge on any atom is 0.120 e. The van der Waals surface area contributed by atoms with E-state index in [2.05, 4.69) is 0 Å². The van der Waals surface area contributed by atoms with Crippen LogP contribution in [-0.2, 0) is 11.2 Å². The first-order valence-electron chi connectivity index (χ1n) is 6.81. The molecule has 0 aromatic heterocycles. The summed E-state index contributed by atoms with van der Waals surface area (Å²) in [4.78, 5) is 10.2. The summed E-state index contributed by atoms with van der Waals surface area (Å²) in [6.45, 7) is 4.62. The summed E-state index contributed by atoms with van der Waals surface area (Å²) < 4.78 is 0. The molecule has 0 bridgehead atoms. The number of allylic oxidation sites excluding steroid dienone is 1. The minimum atomic E-state index is 0.251. The number of aromatic hydroxyl groups is 1. The van der Waals surface area contributed by atoms with Gasteiger partial charge in [0.1, 0.15) is 12.0 Å². The fraction of sp³-hybridized carbons (Fsp3) is 0.400. The Morgan fingerprint density at radius 1 is 1.30 bits per heavy atom. The number of carbonyl (C=O) groups excluding carboxylic acids is 1. The van der Waals surface area contributed by atoms with Crippen LogP contribution in [0.15, 0.2) is 36.2 Å². The zero-order valence-corrected chi connectivity index (χ0v) is 12.2. The summed E-state index contributed by atoms with van der Waals surface area (Å²) in [5.41, 5.74) is 7.38. The third kappa shape index (κ3) is 8.16. The molecular weight excluding hydrogens is 254 g/mol. The molecule has 5 heteroatoms. The molecule has 0 atom stereocenters. The minimum absolute atomic E-state index is 0.251. The number of benzene rings is 1. The summed E-state index contributed by atoms with van der Waals surface area (Å²) in [6, 6.07) is 6.99. The molecule has 0 fully saturated rings. The van der Waals surface area contributed by atoms with E-state index in [9.17, 15) is 4.79 Å². The second kappa shape index (κ2) is 10.9. The first kappa shape index (κ1) is 18.0. The maximum atomic E-state index is 10.2. The molecule has 5 nitrogen and oxygen atoms in total. The van der Waals surface area contributed by atoms with Gasteiger partial charge in [0, 0.05) is 24.9 Å². The zero-order chi connectivity index (χ0) is 15.4. The molecule has 0 aliphatic carbocycles. The van der Waals surface area contributed by atoms with Gasteiger partial charge in [-0.1, -0.05) is 26.0 Å². The highest BCUT2D eigenvalue weighted by molar-refractivity contribution is 5.49. The number of carbonyl (C=O) groups is 1. The highest BCUT2D eigenvalue weighted by atomic mass is 16.3. The fourth-order valence-electron chi connectivity index (χ4n) is 1.49. The van der Waals surface area contributed by atoms with E-state index >= 15 is 0 Å². The molecule has 1 aromatic rings. The van der Waals surface area contributed by atoms with Crippen LogP contribution < -0.4 is 11.6 Å². The van der Waals surface area contributed by atoms with E-state index in [0.29, 0.717) is 25.1 Å². The fourth-order valence-corrected chi connectivity index (χ4v) is 1.49. The van der Waals surface area contributed by atoms with Crippen LogP contribution in [0.5, 0.6) is 5.75 Å². The number of hydrogen-bond acceptors (Lipinski definition) is 5. The van der Waals surface area contributed by atoms with Gasteiger partial charge in [-0.2, -0.15) is 0 Å².